The van der Waals surface area contributed by atoms with Crippen molar-refractivity contribution in [1.29, 1.82) is 0 Å². The molecule has 0 bridgehead atoms. The van der Waals surface area contributed by atoms with E-state index in [0.717, 1.165) is 0 Å². The minimum atomic E-state index is -0.551. The summed E-state index contributed by atoms with van der Waals surface area (Å²) in [7, 11) is 0. The van der Waals surface area contributed by atoms with Crippen molar-refractivity contribution < 1.29 is 13.9 Å². The summed E-state index contributed by atoms with van der Waals surface area (Å²) >= 11 is 6.53. The molecule has 2 aromatic rings. The van der Waals surface area contributed by atoms with Crippen LogP contribution in [0.15, 0.2) is 45.3 Å². The van der Waals surface area contributed by atoms with Crippen LogP contribution >= 0.6 is 31.9 Å². The van der Waals surface area contributed by atoms with Crippen molar-refractivity contribution >= 4 is 37.6 Å². The fourth-order valence-corrected chi connectivity index (χ4v) is 2.85. The van der Waals surface area contributed by atoms with Crippen molar-refractivity contribution in [1.82, 2.24) is 0 Å². The minimum Gasteiger partial charge on any atom is -0.494 e. The van der Waals surface area contributed by atoms with Gasteiger partial charge in [0.05, 0.1) is 12.2 Å². The van der Waals surface area contributed by atoms with Crippen LogP contribution in [-0.2, 0) is 0 Å². The van der Waals surface area contributed by atoms with Gasteiger partial charge in [-0.25, -0.2) is 4.39 Å². The predicted octanol–water partition coefficient (Wildman–Crippen LogP) is 4.98. The second kappa shape index (κ2) is 6.50. The number of carbonyl (C=O) groups is 1. The quantitative estimate of drug-likeness (QED) is 0.675. The topological polar surface area (TPSA) is 26.3 Å². The standard InChI is InChI=1S/C15H11Br2FO2/c1-2-20-9-6-7-10(12(17)8-9)15(19)14-11(16)4-3-5-13(14)18/h3-8H,2H2,1H3. The van der Waals surface area contributed by atoms with Gasteiger partial charge in [-0.15, -0.1) is 0 Å². The van der Waals surface area contributed by atoms with E-state index >= 15 is 0 Å². The summed E-state index contributed by atoms with van der Waals surface area (Å²) in [4.78, 5) is 12.4. The van der Waals surface area contributed by atoms with E-state index in [-0.39, 0.29) is 11.3 Å². The van der Waals surface area contributed by atoms with Crippen LogP contribution in [-0.4, -0.2) is 12.4 Å². The van der Waals surface area contributed by atoms with Gasteiger partial charge in [0.15, 0.2) is 5.78 Å². The number of hydrogen-bond donors (Lipinski definition) is 0. The molecule has 0 aliphatic carbocycles. The number of rotatable bonds is 4. The Morgan fingerprint density at radius 3 is 2.55 bits per heavy atom. The Kier molecular flexibility index (Phi) is 4.94. The van der Waals surface area contributed by atoms with Gasteiger partial charge in [-0.05, 0) is 69.1 Å². The van der Waals surface area contributed by atoms with E-state index in [0.29, 0.717) is 26.9 Å². The second-order valence-corrected chi connectivity index (χ2v) is 5.71. The van der Waals surface area contributed by atoms with E-state index in [9.17, 15) is 9.18 Å². The highest BCUT2D eigenvalue weighted by molar-refractivity contribution is 9.11. The highest BCUT2D eigenvalue weighted by atomic mass is 79.9. The summed E-state index contributed by atoms with van der Waals surface area (Å²) in [5.41, 5.74) is 0.414. The average Bonchev–Trinajstić information content (AvgIpc) is 2.38. The van der Waals surface area contributed by atoms with Gasteiger partial charge in [0.25, 0.3) is 0 Å². The molecule has 0 heterocycles. The lowest BCUT2D eigenvalue weighted by Gasteiger charge is -2.09. The molecule has 0 aliphatic heterocycles. The molecule has 0 radical (unpaired) electrons. The summed E-state index contributed by atoms with van der Waals surface area (Å²) < 4.78 is 20.2. The van der Waals surface area contributed by atoms with Gasteiger partial charge in [-0.1, -0.05) is 6.07 Å². The first kappa shape index (κ1) is 15.2. The van der Waals surface area contributed by atoms with Gasteiger partial charge in [0.1, 0.15) is 11.6 Å². The molecule has 5 heteroatoms. The number of halogens is 3. The number of hydrogen-bond acceptors (Lipinski definition) is 2. The maximum Gasteiger partial charge on any atom is 0.198 e. The molecule has 0 N–H and O–H groups in total. The van der Waals surface area contributed by atoms with Gasteiger partial charge in [0.2, 0.25) is 0 Å². The van der Waals surface area contributed by atoms with Crippen molar-refractivity contribution in [2.75, 3.05) is 6.61 Å². The predicted molar refractivity (Wildman–Crippen MR) is 82.8 cm³/mol. The van der Waals surface area contributed by atoms with Crippen LogP contribution in [0.25, 0.3) is 0 Å². The number of benzene rings is 2. The molecule has 0 amide bonds. The Bertz CT molecular complexity index is 636. The first-order valence-corrected chi connectivity index (χ1v) is 7.54. The van der Waals surface area contributed by atoms with Crippen LogP contribution in [0.1, 0.15) is 22.8 Å². The largest absolute Gasteiger partial charge is 0.494 e. The Morgan fingerprint density at radius 1 is 1.20 bits per heavy atom. The van der Waals surface area contributed by atoms with E-state index in [4.69, 9.17) is 4.74 Å². The van der Waals surface area contributed by atoms with E-state index in [1.807, 2.05) is 6.92 Å². The molecule has 0 saturated carbocycles. The third kappa shape index (κ3) is 3.10. The van der Waals surface area contributed by atoms with Crippen molar-refractivity contribution in [3.8, 4) is 5.75 Å². The van der Waals surface area contributed by atoms with Crippen LogP contribution in [0.2, 0.25) is 0 Å². The molecule has 0 saturated heterocycles. The zero-order chi connectivity index (χ0) is 14.7. The molecular formula is C15H11Br2FO2. The summed E-state index contributed by atoms with van der Waals surface area (Å²) in [6, 6.07) is 9.46. The molecule has 0 unspecified atom stereocenters. The Labute approximate surface area is 133 Å². The van der Waals surface area contributed by atoms with Gasteiger partial charge in [-0.3, -0.25) is 4.79 Å². The fourth-order valence-electron chi connectivity index (χ4n) is 1.79. The zero-order valence-electron chi connectivity index (χ0n) is 10.6. The molecule has 2 nitrogen and oxygen atoms in total. The van der Waals surface area contributed by atoms with Crippen LogP contribution < -0.4 is 4.74 Å². The molecular weight excluding hydrogens is 391 g/mol. The second-order valence-electron chi connectivity index (χ2n) is 4.00. The smallest absolute Gasteiger partial charge is 0.198 e. The fraction of sp³-hybridized carbons (Fsp3) is 0.133. The van der Waals surface area contributed by atoms with Gasteiger partial charge >= 0.3 is 0 Å². The van der Waals surface area contributed by atoms with Crippen LogP contribution in [0.3, 0.4) is 0 Å². The van der Waals surface area contributed by atoms with Crippen LogP contribution in [0, 0.1) is 5.82 Å². The minimum absolute atomic E-state index is 0.0253. The lowest BCUT2D eigenvalue weighted by Crippen LogP contribution is -2.06. The Balaban J connectivity index is 2.44. The average molecular weight is 402 g/mol. The normalized spacial score (nSPS) is 10.4. The molecule has 0 atom stereocenters. The zero-order valence-corrected chi connectivity index (χ0v) is 13.8. The highest BCUT2D eigenvalue weighted by Gasteiger charge is 2.19. The number of ketones is 1. The summed E-state index contributed by atoms with van der Waals surface area (Å²) in [6.07, 6.45) is 0. The summed E-state index contributed by atoms with van der Waals surface area (Å²) in [5, 5.41) is 0. The summed E-state index contributed by atoms with van der Waals surface area (Å²) in [5.74, 6) is -0.279. The molecule has 0 aromatic heterocycles. The first-order chi connectivity index (χ1) is 9.54. The van der Waals surface area contributed by atoms with E-state index in [1.165, 1.54) is 6.07 Å². The number of ether oxygens (including phenoxy) is 1. The first-order valence-electron chi connectivity index (χ1n) is 5.95. The van der Waals surface area contributed by atoms with Crippen molar-refractivity contribution in [2.24, 2.45) is 0 Å². The molecule has 20 heavy (non-hydrogen) atoms. The molecule has 0 fully saturated rings. The monoisotopic (exact) mass is 400 g/mol. The van der Waals surface area contributed by atoms with E-state index in [1.54, 1.807) is 30.3 Å². The van der Waals surface area contributed by atoms with E-state index < -0.39 is 5.82 Å². The lowest BCUT2D eigenvalue weighted by molar-refractivity contribution is 0.103. The number of carbonyl (C=O) groups excluding carboxylic acids is 1. The van der Waals surface area contributed by atoms with Gasteiger partial charge in [0, 0.05) is 14.5 Å². The van der Waals surface area contributed by atoms with E-state index in [2.05, 4.69) is 31.9 Å². The SMILES string of the molecule is CCOc1ccc(C(=O)c2c(F)cccc2Br)c(Br)c1. The Morgan fingerprint density at radius 2 is 1.95 bits per heavy atom. The van der Waals surface area contributed by atoms with Gasteiger partial charge in [-0.2, -0.15) is 0 Å². The lowest BCUT2D eigenvalue weighted by atomic mass is 10.0. The molecule has 0 spiro atoms. The molecule has 2 rings (SSSR count). The van der Waals surface area contributed by atoms with Crippen LogP contribution in [0.4, 0.5) is 4.39 Å². The molecule has 0 aliphatic rings. The van der Waals surface area contributed by atoms with Gasteiger partial charge < -0.3 is 4.74 Å². The van der Waals surface area contributed by atoms with Crippen LogP contribution in [0.5, 0.6) is 5.75 Å². The molecule has 104 valence electrons. The third-order valence-corrected chi connectivity index (χ3v) is 4.00. The van der Waals surface area contributed by atoms with Crippen molar-refractivity contribution in [3.63, 3.8) is 0 Å². The summed E-state index contributed by atoms with van der Waals surface area (Å²) in [6.45, 7) is 2.42. The maximum absolute atomic E-state index is 13.8. The highest BCUT2D eigenvalue weighted by Crippen LogP contribution is 2.28. The third-order valence-electron chi connectivity index (χ3n) is 2.69. The maximum atomic E-state index is 13.8. The van der Waals surface area contributed by atoms with Crippen molar-refractivity contribution in [2.45, 2.75) is 6.92 Å². The molecule has 2 aromatic carbocycles. The van der Waals surface area contributed by atoms with Crippen molar-refractivity contribution in [3.05, 3.63) is 62.3 Å². The Hall–Kier alpha value is -1.20.